The Labute approximate surface area is 95.5 Å². The molecule has 1 aliphatic carbocycles. The van der Waals surface area contributed by atoms with Gasteiger partial charge < -0.3 is 10.6 Å². The standard InChI is InChI=1S/C12H17N3O/c16-12(9-14-6-10-3-4-10)15-8-11-2-1-5-13-7-11/h1-2,5,7,10,14H,3-4,6,8-9H2,(H,15,16). The monoisotopic (exact) mass is 219 g/mol. The number of hydrogen-bond acceptors (Lipinski definition) is 3. The SMILES string of the molecule is O=C(CNCC1CC1)NCc1cccnc1. The van der Waals surface area contributed by atoms with Gasteiger partial charge in [-0.2, -0.15) is 0 Å². The molecule has 2 rings (SSSR count). The molecule has 4 nitrogen and oxygen atoms in total. The first-order chi connectivity index (χ1) is 7.84. The molecule has 0 atom stereocenters. The molecule has 16 heavy (non-hydrogen) atoms. The summed E-state index contributed by atoms with van der Waals surface area (Å²) in [6.07, 6.45) is 6.11. The van der Waals surface area contributed by atoms with Crippen molar-refractivity contribution in [2.75, 3.05) is 13.1 Å². The summed E-state index contributed by atoms with van der Waals surface area (Å²) in [5.41, 5.74) is 1.03. The van der Waals surface area contributed by atoms with E-state index in [9.17, 15) is 4.79 Å². The predicted octanol–water partition coefficient (Wildman–Crippen LogP) is 0.697. The van der Waals surface area contributed by atoms with Crippen LogP contribution in [0.3, 0.4) is 0 Å². The molecule has 86 valence electrons. The fourth-order valence-electron chi connectivity index (χ4n) is 1.48. The van der Waals surface area contributed by atoms with Crippen LogP contribution >= 0.6 is 0 Å². The van der Waals surface area contributed by atoms with E-state index in [1.807, 2.05) is 12.1 Å². The Bertz CT molecular complexity index is 335. The molecule has 0 bridgehead atoms. The number of carbonyl (C=O) groups excluding carboxylic acids is 1. The Morgan fingerprint density at radius 2 is 2.38 bits per heavy atom. The van der Waals surface area contributed by atoms with E-state index in [2.05, 4.69) is 15.6 Å². The number of carbonyl (C=O) groups is 1. The van der Waals surface area contributed by atoms with E-state index in [1.54, 1.807) is 12.4 Å². The van der Waals surface area contributed by atoms with Crippen LogP contribution in [0.1, 0.15) is 18.4 Å². The second-order valence-corrected chi connectivity index (χ2v) is 4.21. The lowest BCUT2D eigenvalue weighted by Crippen LogP contribution is -2.34. The molecule has 0 aromatic carbocycles. The van der Waals surface area contributed by atoms with Crippen LogP contribution in [0.25, 0.3) is 0 Å². The van der Waals surface area contributed by atoms with Crippen LogP contribution in [0.5, 0.6) is 0 Å². The summed E-state index contributed by atoms with van der Waals surface area (Å²) >= 11 is 0. The van der Waals surface area contributed by atoms with Crippen LogP contribution < -0.4 is 10.6 Å². The number of pyridine rings is 1. The van der Waals surface area contributed by atoms with Gasteiger partial charge in [-0.05, 0) is 36.9 Å². The topological polar surface area (TPSA) is 54.0 Å². The first-order valence-electron chi connectivity index (χ1n) is 5.71. The van der Waals surface area contributed by atoms with Crippen molar-refractivity contribution in [1.29, 1.82) is 0 Å². The van der Waals surface area contributed by atoms with Gasteiger partial charge in [-0.1, -0.05) is 6.07 Å². The molecule has 1 aromatic heterocycles. The molecular weight excluding hydrogens is 202 g/mol. The zero-order valence-corrected chi connectivity index (χ0v) is 9.28. The van der Waals surface area contributed by atoms with Crippen molar-refractivity contribution in [1.82, 2.24) is 15.6 Å². The summed E-state index contributed by atoms with van der Waals surface area (Å²) in [5.74, 6) is 0.857. The lowest BCUT2D eigenvalue weighted by Gasteiger charge is -2.05. The molecule has 4 heteroatoms. The maximum absolute atomic E-state index is 11.4. The van der Waals surface area contributed by atoms with E-state index < -0.39 is 0 Å². The maximum atomic E-state index is 11.4. The Hall–Kier alpha value is -1.42. The molecule has 1 fully saturated rings. The van der Waals surface area contributed by atoms with Gasteiger partial charge in [0.2, 0.25) is 5.91 Å². The molecule has 1 heterocycles. The van der Waals surface area contributed by atoms with Gasteiger partial charge in [-0.25, -0.2) is 0 Å². The highest BCUT2D eigenvalue weighted by atomic mass is 16.1. The van der Waals surface area contributed by atoms with E-state index in [0.29, 0.717) is 13.1 Å². The second-order valence-electron chi connectivity index (χ2n) is 4.21. The van der Waals surface area contributed by atoms with Gasteiger partial charge in [0.05, 0.1) is 6.54 Å². The van der Waals surface area contributed by atoms with E-state index >= 15 is 0 Å². The molecule has 2 N–H and O–H groups in total. The zero-order chi connectivity index (χ0) is 11.2. The molecule has 0 radical (unpaired) electrons. The molecule has 0 spiro atoms. The summed E-state index contributed by atoms with van der Waals surface area (Å²) in [5, 5.41) is 6.01. The Morgan fingerprint density at radius 3 is 3.06 bits per heavy atom. The number of rotatable bonds is 6. The average Bonchev–Trinajstić information content (AvgIpc) is 3.12. The first kappa shape index (κ1) is 11.1. The summed E-state index contributed by atoms with van der Waals surface area (Å²) in [6.45, 7) is 1.94. The maximum Gasteiger partial charge on any atom is 0.234 e. The third-order valence-electron chi connectivity index (χ3n) is 2.63. The van der Waals surface area contributed by atoms with Gasteiger partial charge in [-0.3, -0.25) is 9.78 Å². The Balaban J connectivity index is 1.59. The van der Waals surface area contributed by atoms with Gasteiger partial charge in [0.25, 0.3) is 0 Å². The van der Waals surface area contributed by atoms with Gasteiger partial charge in [0, 0.05) is 18.9 Å². The number of nitrogens with one attached hydrogen (secondary N) is 2. The van der Waals surface area contributed by atoms with E-state index in [1.165, 1.54) is 12.8 Å². The number of aromatic nitrogens is 1. The lowest BCUT2D eigenvalue weighted by molar-refractivity contribution is -0.120. The lowest BCUT2D eigenvalue weighted by atomic mass is 10.3. The summed E-state index contributed by atoms with van der Waals surface area (Å²) in [4.78, 5) is 15.4. The fraction of sp³-hybridized carbons (Fsp3) is 0.500. The highest BCUT2D eigenvalue weighted by Crippen LogP contribution is 2.27. The quantitative estimate of drug-likeness (QED) is 0.740. The van der Waals surface area contributed by atoms with Gasteiger partial charge in [0.1, 0.15) is 0 Å². The summed E-state index contributed by atoms with van der Waals surface area (Å²) < 4.78 is 0. The van der Waals surface area contributed by atoms with Gasteiger partial charge in [-0.15, -0.1) is 0 Å². The normalized spacial score (nSPS) is 14.8. The first-order valence-corrected chi connectivity index (χ1v) is 5.71. The average molecular weight is 219 g/mol. The van der Waals surface area contributed by atoms with Crippen LogP contribution in [0.2, 0.25) is 0 Å². The van der Waals surface area contributed by atoms with Crippen molar-refractivity contribution in [3.05, 3.63) is 30.1 Å². The van der Waals surface area contributed by atoms with Crippen molar-refractivity contribution in [2.45, 2.75) is 19.4 Å². The molecule has 1 aliphatic rings. The van der Waals surface area contributed by atoms with E-state index in [0.717, 1.165) is 18.0 Å². The van der Waals surface area contributed by atoms with E-state index in [4.69, 9.17) is 0 Å². The second kappa shape index (κ2) is 5.61. The molecule has 0 aliphatic heterocycles. The third-order valence-corrected chi connectivity index (χ3v) is 2.63. The molecule has 0 unspecified atom stereocenters. The Kier molecular flexibility index (Phi) is 3.88. The van der Waals surface area contributed by atoms with Crippen molar-refractivity contribution in [3.63, 3.8) is 0 Å². The number of amides is 1. The van der Waals surface area contributed by atoms with Crippen LogP contribution in [-0.2, 0) is 11.3 Å². The van der Waals surface area contributed by atoms with Gasteiger partial charge in [0.15, 0.2) is 0 Å². The summed E-state index contributed by atoms with van der Waals surface area (Å²) in [6, 6.07) is 3.82. The largest absolute Gasteiger partial charge is 0.351 e. The molecule has 0 saturated heterocycles. The number of hydrogen-bond donors (Lipinski definition) is 2. The minimum absolute atomic E-state index is 0.0458. The fourth-order valence-corrected chi connectivity index (χ4v) is 1.48. The van der Waals surface area contributed by atoms with Crippen LogP contribution in [-0.4, -0.2) is 24.0 Å². The molecule has 1 saturated carbocycles. The third kappa shape index (κ3) is 3.98. The van der Waals surface area contributed by atoms with E-state index in [-0.39, 0.29) is 5.91 Å². The van der Waals surface area contributed by atoms with Gasteiger partial charge >= 0.3 is 0 Å². The van der Waals surface area contributed by atoms with Crippen LogP contribution in [0.15, 0.2) is 24.5 Å². The summed E-state index contributed by atoms with van der Waals surface area (Å²) in [7, 11) is 0. The number of nitrogens with zero attached hydrogens (tertiary/aromatic N) is 1. The highest BCUT2D eigenvalue weighted by molar-refractivity contribution is 5.77. The smallest absolute Gasteiger partial charge is 0.234 e. The van der Waals surface area contributed by atoms with Crippen molar-refractivity contribution < 1.29 is 4.79 Å². The van der Waals surface area contributed by atoms with Crippen molar-refractivity contribution >= 4 is 5.91 Å². The molecule has 1 aromatic rings. The van der Waals surface area contributed by atoms with Crippen LogP contribution in [0, 0.1) is 5.92 Å². The highest BCUT2D eigenvalue weighted by Gasteiger charge is 2.20. The van der Waals surface area contributed by atoms with Crippen molar-refractivity contribution in [2.24, 2.45) is 5.92 Å². The minimum atomic E-state index is 0.0458. The minimum Gasteiger partial charge on any atom is -0.351 e. The predicted molar refractivity (Wildman–Crippen MR) is 61.7 cm³/mol. The van der Waals surface area contributed by atoms with Crippen molar-refractivity contribution in [3.8, 4) is 0 Å². The molecule has 1 amide bonds. The zero-order valence-electron chi connectivity index (χ0n) is 9.28. The van der Waals surface area contributed by atoms with Crippen LogP contribution in [0.4, 0.5) is 0 Å². The Morgan fingerprint density at radius 1 is 1.50 bits per heavy atom. The molecular formula is C12H17N3O.